The zero-order chi connectivity index (χ0) is 20.1. The molecular formula is C19H18ClNO7. The minimum absolute atomic E-state index is 0.0158. The number of carbonyl (C=O) groups excluding carboxylic acids is 2. The molecule has 0 bridgehead atoms. The molecule has 0 fully saturated rings. The Morgan fingerprint density at radius 1 is 1.07 bits per heavy atom. The van der Waals surface area contributed by atoms with Crippen LogP contribution in [0.2, 0.25) is 5.02 Å². The van der Waals surface area contributed by atoms with Gasteiger partial charge in [0.1, 0.15) is 24.7 Å². The summed E-state index contributed by atoms with van der Waals surface area (Å²) >= 11 is 6.09. The zero-order valence-electron chi connectivity index (χ0n) is 15.2. The molecule has 2 aromatic rings. The lowest BCUT2D eigenvalue weighted by atomic mass is 10.2. The van der Waals surface area contributed by atoms with E-state index in [1.54, 1.807) is 18.2 Å². The summed E-state index contributed by atoms with van der Waals surface area (Å²) in [5, 5.41) is 2.87. The van der Waals surface area contributed by atoms with E-state index in [1.165, 1.54) is 26.4 Å². The second-order valence-electron chi connectivity index (χ2n) is 5.76. The molecular weight excluding hydrogens is 390 g/mol. The molecule has 0 radical (unpaired) electrons. The monoisotopic (exact) mass is 407 g/mol. The van der Waals surface area contributed by atoms with Crippen molar-refractivity contribution in [1.29, 1.82) is 0 Å². The van der Waals surface area contributed by atoms with Crippen LogP contribution in [0.3, 0.4) is 0 Å². The first kappa shape index (κ1) is 19.6. The molecule has 0 saturated carbocycles. The first-order valence-corrected chi connectivity index (χ1v) is 8.63. The zero-order valence-corrected chi connectivity index (χ0v) is 16.0. The number of methoxy groups -OCH3 is 2. The second kappa shape index (κ2) is 8.71. The van der Waals surface area contributed by atoms with Crippen molar-refractivity contribution >= 4 is 23.5 Å². The number of carbonyl (C=O) groups is 2. The third-order valence-corrected chi connectivity index (χ3v) is 4.17. The van der Waals surface area contributed by atoms with Gasteiger partial charge >= 0.3 is 5.97 Å². The fraction of sp³-hybridized carbons (Fsp3) is 0.263. The van der Waals surface area contributed by atoms with Crippen LogP contribution in [0.25, 0.3) is 0 Å². The van der Waals surface area contributed by atoms with Gasteiger partial charge in [-0.1, -0.05) is 11.6 Å². The maximum atomic E-state index is 12.3. The van der Waals surface area contributed by atoms with E-state index in [-0.39, 0.29) is 19.9 Å². The molecule has 1 aliphatic heterocycles. The molecule has 8 nitrogen and oxygen atoms in total. The molecule has 1 heterocycles. The molecule has 3 rings (SSSR count). The summed E-state index contributed by atoms with van der Waals surface area (Å²) < 4.78 is 25.9. The number of hydrogen-bond acceptors (Lipinski definition) is 7. The molecule has 1 amide bonds. The van der Waals surface area contributed by atoms with E-state index in [0.29, 0.717) is 39.1 Å². The van der Waals surface area contributed by atoms with Crippen LogP contribution in [-0.2, 0) is 16.1 Å². The van der Waals surface area contributed by atoms with E-state index in [4.69, 9.17) is 35.3 Å². The Morgan fingerprint density at radius 3 is 2.46 bits per heavy atom. The minimum Gasteiger partial charge on any atom is -0.497 e. The molecule has 1 aliphatic rings. The van der Waals surface area contributed by atoms with E-state index < -0.39 is 11.9 Å². The van der Waals surface area contributed by atoms with Crippen molar-refractivity contribution in [1.82, 2.24) is 5.32 Å². The van der Waals surface area contributed by atoms with E-state index >= 15 is 0 Å². The molecule has 0 saturated heterocycles. The summed E-state index contributed by atoms with van der Waals surface area (Å²) in [4.78, 5) is 24.2. The Hall–Kier alpha value is -3.13. The summed E-state index contributed by atoms with van der Waals surface area (Å²) in [6.45, 7) is -0.214. The number of halogens is 1. The number of ether oxygens (including phenoxy) is 5. The van der Waals surface area contributed by atoms with Crippen molar-refractivity contribution in [3.8, 4) is 23.0 Å². The molecule has 28 heavy (non-hydrogen) atoms. The van der Waals surface area contributed by atoms with Gasteiger partial charge in [0.25, 0.3) is 5.91 Å². The van der Waals surface area contributed by atoms with Gasteiger partial charge in [0.2, 0.25) is 6.79 Å². The number of amides is 1. The molecule has 2 aromatic carbocycles. The van der Waals surface area contributed by atoms with Crippen LogP contribution in [0, 0.1) is 0 Å². The van der Waals surface area contributed by atoms with Gasteiger partial charge in [-0.3, -0.25) is 9.59 Å². The number of esters is 1. The van der Waals surface area contributed by atoms with Crippen LogP contribution >= 0.6 is 11.6 Å². The molecule has 1 N–H and O–H groups in total. The first-order chi connectivity index (χ1) is 13.5. The van der Waals surface area contributed by atoms with Crippen molar-refractivity contribution in [2.24, 2.45) is 0 Å². The lowest BCUT2D eigenvalue weighted by Gasteiger charge is -2.10. The highest BCUT2D eigenvalue weighted by Gasteiger charge is 2.19. The normalized spacial score (nSPS) is 11.7. The Balaban J connectivity index is 1.53. The molecule has 0 unspecified atom stereocenters. The highest BCUT2D eigenvalue weighted by atomic mass is 35.5. The average molecular weight is 408 g/mol. The summed E-state index contributed by atoms with van der Waals surface area (Å²) in [6, 6.07) is 8.03. The maximum absolute atomic E-state index is 12.3. The third kappa shape index (κ3) is 4.58. The van der Waals surface area contributed by atoms with Crippen LogP contribution in [0.4, 0.5) is 0 Å². The Morgan fingerprint density at radius 2 is 1.79 bits per heavy atom. The topological polar surface area (TPSA) is 92.3 Å². The lowest BCUT2D eigenvalue weighted by molar-refractivity contribution is -0.143. The number of nitrogens with one attached hydrogen (secondary N) is 1. The summed E-state index contributed by atoms with van der Waals surface area (Å²) in [7, 11) is 2.96. The molecule has 0 aliphatic carbocycles. The van der Waals surface area contributed by atoms with E-state index in [1.807, 2.05) is 0 Å². The molecule has 0 spiro atoms. The fourth-order valence-electron chi connectivity index (χ4n) is 2.51. The van der Waals surface area contributed by atoms with E-state index in [0.717, 1.165) is 0 Å². The van der Waals surface area contributed by atoms with Gasteiger partial charge < -0.3 is 29.0 Å². The van der Waals surface area contributed by atoms with Crippen LogP contribution in [0.1, 0.15) is 15.9 Å². The third-order valence-electron chi connectivity index (χ3n) is 3.89. The fourth-order valence-corrected chi connectivity index (χ4v) is 2.80. The molecule has 0 aromatic heterocycles. The van der Waals surface area contributed by atoms with Crippen molar-refractivity contribution in [3.05, 3.63) is 46.5 Å². The van der Waals surface area contributed by atoms with Crippen molar-refractivity contribution in [3.63, 3.8) is 0 Å². The van der Waals surface area contributed by atoms with Gasteiger partial charge in [-0.05, 0) is 29.8 Å². The van der Waals surface area contributed by atoms with E-state index in [2.05, 4.69) is 5.32 Å². The predicted octanol–water partition coefficient (Wildman–Crippen LogP) is 2.56. The number of rotatable bonds is 7. The Labute approximate surface area is 166 Å². The van der Waals surface area contributed by atoms with Gasteiger partial charge in [0.05, 0.1) is 19.2 Å². The number of benzene rings is 2. The van der Waals surface area contributed by atoms with Crippen LogP contribution < -0.4 is 24.3 Å². The Bertz CT molecular complexity index is 878. The average Bonchev–Trinajstić information content (AvgIpc) is 3.19. The van der Waals surface area contributed by atoms with Gasteiger partial charge in [-0.2, -0.15) is 0 Å². The van der Waals surface area contributed by atoms with Crippen LogP contribution in [0.5, 0.6) is 23.0 Å². The molecule has 9 heteroatoms. The van der Waals surface area contributed by atoms with Gasteiger partial charge in [0, 0.05) is 11.6 Å². The SMILES string of the molecule is COc1cc(OC)cc(C(=O)NCC(=O)OCc2cc(Cl)c3c(c2)OCO3)c1. The number of hydrogen-bond donors (Lipinski definition) is 1. The van der Waals surface area contributed by atoms with Crippen molar-refractivity contribution in [2.75, 3.05) is 27.6 Å². The quantitative estimate of drug-likeness (QED) is 0.705. The van der Waals surface area contributed by atoms with Gasteiger partial charge in [-0.15, -0.1) is 0 Å². The van der Waals surface area contributed by atoms with E-state index in [9.17, 15) is 9.59 Å². The van der Waals surface area contributed by atoms with Gasteiger partial charge in [-0.25, -0.2) is 0 Å². The summed E-state index contributed by atoms with van der Waals surface area (Å²) in [5.74, 6) is 0.840. The number of fused-ring (bicyclic) bond motifs is 1. The predicted molar refractivity (Wildman–Crippen MR) is 99.3 cm³/mol. The smallest absolute Gasteiger partial charge is 0.325 e. The first-order valence-electron chi connectivity index (χ1n) is 8.25. The molecule has 0 atom stereocenters. The highest BCUT2D eigenvalue weighted by molar-refractivity contribution is 6.32. The minimum atomic E-state index is -0.600. The van der Waals surface area contributed by atoms with Crippen LogP contribution in [-0.4, -0.2) is 39.4 Å². The maximum Gasteiger partial charge on any atom is 0.325 e. The van der Waals surface area contributed by atoms with Crippen LogP contribution in [0.15, 0.2) is 30.3 Å². The Kier molecular flexibility index (Phi) is 6.10. The van der Waals surface area contributed by atoms with Gasteiger partial charge in [0.15, 0.2) is 11.5 Å². The van der Waals surface area contributed by atoms with Crippen molar-refractivity contribution < 1.29 is 33.3 Å². The highest BCUT2D eigenvalue weighted by Crippen LogP contribution is 2.39. The second-order valence-corrected chi connectivity index (χ2v) is 6.16. The lowest BCUT2D eigenvalue weighted by Crippen LogP contribution is -2.30. The standard InChI is InChI=1S/C19H18ClNO7/c1-24-13-5-12(6-14(7-13)25-2)19(23)21-8-17(22)26-9-11-3-15(20)18-16(4-11)27-10-28-18/h3-7H,8-10H2,1-2H3,(H,21,23). The summed E-state index contributed by atoms with van der Waals surface area (Å²) in [5.41, 5.74) is 0.943. The summed E-state index contributed by atoms with van der Waals surface area (Å²) in [6.07, 6.45) is 0. The van der Waals surface area contributed by atoms with Crippen molar-refractivity contribution in [2.45, 2.75) is 6.61 Å². The largest absolute Gasteiger partial charge is 0.497 e. The molecule has 148 valence electrons.